The molecule has 0 aliphatic heterocycles. The van der Waals surface area contributed by atoms with Crippen LogP contribution in [0, 0.1) is 18.8 Å². The van der Waals surface area contributed by atoms with E-state index < -0.39 is 0 Å². The molecule has 1 heterocycles. The van der Waals surface area contributed by atoms with Crippen molar-refractivity contribution in [1.29, 1.82) is 0 Å². The topological polar surface area (TPSA) is 29.9 Å². The van der Waals surface area contributed by atoms with Crippen molar-refractivity contribution < 1.29 is 0 Å². The molecule has 3 heteroatoms. The lowest BCUT2D eigenvalue weighted by molar-refractivity contribution is 0.224. The van der Waals surface area contributed by atoms with Crippen molar-refractivity contribution in [3.8, 4) is 0 Å². The Labute approximate surface area is 111 Å². The monoisotopic (exact) mass is 249 g/mol. The van der Waals surface area contributed by atoms with E-state index in [1.807, 2.05) is 17.9 Å². The van der Waals surface area contributed by atoms with E-state index in [4.69, 9.17) is 0 Å². The van der Waals surface area contributed by atoms with E-state index in [1.165, 1.54) is 43.4 Å². The molecule has 1 aliphatic carbocycles. The summed E-state index contributed by atoms with van der Waals surface area (Å²) in [5.74, 6) is 1.74. The van der Waals surface area contributed by atoms with Gasteiger partial charge in [0.15, 0.2) is 0 Å². The summed E-state index contributed by atoms with van der Waals surface area (Å²) >= 11 is 0. The van der Waals surface area contributed by atoms with Gasteiger partial charge in [-0.05, 0) is 38.6 Å². The molecule has 2 rings (SSSR count). The van der Waals surface area contributed by atoms with Crippen molar-refractivity contribution in [2.45, 2.75) is 52.0 Å². The lowest BCUT2D eigenvalue weighted by atomic mass is 9.76. The van der Waals surface area contributed by atoms with Gasteiger partial charge in [-0.1, -0.05) is 26.2 Å². The zero-order valence-corrected chi connectivity index (χ0v) is 12.2. The highest BCUT2D eigenvalue weighted by Gasteiger charge is 2.28. The van der Waals surface area contributed by atoms with Gasteiger partial charge in [0.25, 0.3) is 0 Å². The van der Waals surface area contributed by atoms with Gasteiger partial charge in [0.1, 0.15) is 0 Å². The van der Waals surface area contributed by atoms with E-state index >= 15 is 0 Å². The molecule has 0 spiro atoms. The molecular weight excluding hydrogens is 222 g/mol. The van der Waals surface area contributed by atoms with Crippen molar-refractivity contribution >= 4 is 0 Å². The highest BCUT2D eigenvalue weighted by molar-refractivity contribution is 5.21. The third kappa shape index (κ3) is 2.61. The molecule has 1 aromatic heterocycles. The van der Waals surface area contributed by atoms with Crippen molar-refractivity contribution in [2.75, 3.05) is 7.05 Å². The summed E-state index contributed by atoms with van der Waals surface area (Å²) in [4.78, 5) is 0. The van der Waals surface area contributed by atoms with Crippen LogP contribution in [0.1, 0.15) is 56.3 Å². The second-order valence-corrected chi connectivity index (χ2v) is 5.76. The predicted molar refractivity (Wildman–Crippen MR) is 75.5 cm³/mol. The van der Waals surface area contributed by atoms with Gasteiger partial charge in [-0.3, -0.25) is 4.68 Å². The second-order valence-electron chi connectivity index (χ2n) is 5.76. The van der Waals surface area contributed by atoms with E-state index in [0.717, 1.165) is 11.8 Å². The first-order valence-electron chi connectivity index (χ1n) is 7.33. The van der Waals surface area contributed by atoms with Gasteiger partial charge in [-0.25, -0.2) is 0 Å². The summed E-state index contributed by atoms with van der Waals surface area (Å²) in [6.45, 7) is 4.50. The van der Waals surface area contributed by atoms with Gasteiger partial charge in [0, 0.05) is 24.3 Å². The number of aryl methyl sites for hydroxylation is 1. The van der Waals surface area contributed by atoms with Crippen molar-refractivity contribution in [1.82, 2.24) is 15.1 Å². The van der Waals surface area contributed by atoms with E-state index in [9.17, 15) is 0 Å². The fourth-order valence-electron chi connectivity index (χ4n) is 3.40. The number of hydrogen-bond acceptors (Lipinski definition) is 2. The Morgan fingerprint density at radius 3 is 2.50 bits per heavy atom. The van der Waals surface area contributed by atoms with Crippen LogP contribution in [-0.4, -0.2) is 16.8 Å². The molecule has 0 bridgehead atoms. The standard InChI is InChI=1S/C15H27N3/c1-5-12-6-8-13(9-7-12)15(16-3)14-10-17-18(4)11(14)2/h10,12-13,15-16H,5-9H2,1-4H3. The van der Waals surface area contributed by atoms with E-state index in [-0.39, 0.29) is 0 Å². The molecule has 0 aromatic carbocycles. The smallest absolute Gasteiger partial charge is 0.0540 e. The predicted octanol–water partition coefficient (Wildman–Crippen LogP) is 3.21. The van der Waals surface area contributed by atoms with Crippen molar-refractivity contribution in [3.63, 3.8) is 0 Å². The highest BCUT2D eigenvalue weighted by Crippen LogP contribution is 2.38. The summed E-state index contributed by atoms with van der Waals surface area (Å²) in [6, 6.07) is 0.483. The Morgan fingerprint density at radius 2 is 2.06 bits per heavy atom. The molecule has 102 valence electrons. The van der Waals surface area contributed by atoms with Gasteiger partial charge >= 0.3 is 0 Å². The molecule has 1 saturated carbocycles. The number of hydrogen-bond donors (Lipinski definition) is 1. The van der Waals surface area contributed by atoms with Crippen LogP contribution in [0.4, 0.5) is 0 Å². The third-order valence-electron chi connectivity index (χ3n) is 4.86. The van der Waals surface area contributed by atoms with Crippen LogP contribution in [0.3, 0.4) is 0 Å². The zero-order chi connectivity index (χ0) is 13.1. The fourth-order valence-corrected chi connectivity index (χ4v) is 3.40. The number of rotatable bonds is 4. The molecule has 1 fully saturated rings. The fraction of sp³-hybridized carbons (Fsp3) is 0.800. The Balaban J connectivity index is 2.08. The number of aromatic nitrogens is 2. The van der Waals surface area contributed by atoms with Gasteiger partial charge < -0.3 is 5.32 Å². The SMILES string of the molecule is CCC1CCC(C(NC)c2cnn(C)c2C)CC1. The maximum atomic E-state index is 4.39. The molecule has 0 amide bonds. The average molecular weight is 249 g/mol. The first-order chi connectivity index (χ1) is 8.67. The maximum absolute atomic E-state index is 4.39. The molecule has 1 aliphatic rings. The third-order valence-corrected chi connectivity index (χ3v) is 4.86. The molecule has 0 saturated heterocycles. The van der Waals surface area contributed by atoms with Gasteiger partial charge in [0.05, 0.1) is 6.20 Å². The van der Waals surface area contributed by atoms with Gasteiger partial charge in [0.2, 0.25) is 0 Å². The molecule has 1 atom stereocenters. The number of nitrogens with zero attached hydrogens (tertiary/aromatic N) is 2. The van der Waals surface area contributed by atoms with Crippen LogP contribution in [-0.2, 0) is 7.05 Å². The van der Waals surface area contributed by atoms with E-state index in [2.05, 4.69) is 31.3 Å². The Morgan fingerprint density at radius 1 is 1.39 bits per heavy atom. The van der Waals surface area contributed by atoms with E-state index in [0.29, 0.717) is 6.04 Å². The zero-order valence-electron chi connectivity index (χ0n) is 12.2. The molecular formula is C15H27N3. The van der Waals surface area contributed by atoms with Crippen LogP contribution in [0.25, 0.3) is 0 Å². The minimum atomic E-state index is 0.483. The summed E-state index contributed by atoms with van der Waals surface area (Å²) in [5.41, 5.74) is 2.69. The van der Waals surface area contributed by atoms with E-state index in [1.54, 1.807) is 0 Å². The molecule has 3 nitrogen and oxygen atoms in total. The van der Waals surface area contributed by atoms with Crippen LogP contribution < -0.4 is 5.32 Å². The second kappa shape index (κ2) is 5.87. The summed E-state index contributed by atoms with van der Waals surface area (Å²) in [6.07, 6.45) is 8.92. The van der Waals surface area contributed by atoms with Gasteiger partial charge in [-0.2, -0.15) is 5.10 Å². The molecule has 18 heavy (non-hydrogen) atoms. The quantitative estimate of drug-likeness (QED) is 0.888. The van der Waals surface area contributed by atoms with Crippen LogP contribution in [0.2, 0.25) is 0 Å². The maximum Gasteiger partial charge on any atom is 0.0540 e. The van der Waals surface area contributed by atoms with Crippen LogP contribution in [0.15, 0.2) is 6.20 Å². The first kappa shape index (κ1) is 13.6. The van der Waals surface area contributed by atoms with Crippen molar-refractivity contribution in [2.24, 2.45) is 18.9 Å². The molecule has 1 unspecified atom stereocenters. The van der Waals surface area contributed by atoms with Crippen molar-refractivity contribution in [3.05, 3.63) is 17.5 Å². The number of nitrogens with one attached hydrogen (secondary N) is 1. The molecule has 0 radical (unpaired) electrons. The minimum Gasteiger partial charge on any atom is -0.313 e. The Kier molecular flexibility index (Phi) is 4.44. The first-order valence-corrected chi connectivity index (χ1v) is 7.33. The largest absolute Gasteiger partial charge is 0.313 e. The highest BCUT2D eigenvalue weighted by atomic mass is 15.3. The summed E-state index contributed by atoms with van der Waals surface area (Å²) in [7, 11) is 4.11. The minimum absolute atomic E-state index is 0.483. The van der Waals surface area contributed by atoms with Gasteiger partial charge in [-0.15, -0.1) is 0 Å². The summed E-state index contributed by atoms with van der Waals surface area (Å²) < 4.78 is 1.98. The van der Waals surface area contributed by atoms with Crippen LogP contribution in [0.5, 0.6) is 0 Å². The van der Waals surface area contributed by atoms with Crippen LogP contribution >= 0.6 is 0 Å². The molecule has 1 aromatic rings. The Bertz CT molecular complexity index is 375. The summed E-state index contributed by atoms with van der Waals surface area (Å²) in [5, 5.41) is 7.91. The molecule has 1 N–H and O–H groups in total. The lowest BCUT2D eigenvalue weighted by Crippen LogP contribution is -2.29. The Hall–Kier alpha value is -0.830. The normalized spacial score (nSPS) is 26.2. The average Bonchev–Trinajstić information content (AvgIpc) is 2.73. The lowest BCUT2D eigenvalue weighted by Gasteiger charge is -2.33.